The predicted molar refractivity (Wildman–Crippen MR) is 186 cm³/mol. The van der Waals surface area contributed by atoms with Crippen molar-refractivity contribution < 1.29 is 37.4 Å². The molecule has 1 heterocycles. The van der Waals surface area contributed by atoms with Gasteiger partial charge in [0.2, 0.25) is 0 Å². The second-order valence-electron chi connectivity index (χ2n) is 16.0. The standard InChI is InChI=1S/C34H54O8P2.Ca.2H/c1-31(2,3)25-17-23(18-26(29(25)35)32(4,5)6)21-43(37)39-13-15-41-44(38,42-16-14-40-43)22-24-19-27(33(7,8)9)30(36)28(20-24)34(10,11)12;;;/h17-20,35-36H,13-16,21-22H2,1-12H3;;;. The molecule has 1 fully saturated rings. The van der Waals surface area contributed by atoms with Crippen molar-refractivity contribution in [3.8, 4) is 11.5 Å². The van der Waals surface area contributed by atoms with E-state index in [0.29, 0.717) is 0 Å². The van der Waals surface area contributed by atoms with Crippen molar-refractivity contribution in [2.45, 2.75) is 117 Å². The van der Waals surface area contributed by atoms with E-state index in [4.69, 9.17) is 18.1 Å². The first kappa shape index (κ1) is 40.8. The Hall–Kier alpha value is -0.400. The molecular formula is C34H56CaO8P2. The van der Waals surface area contributed by atoms with Gasteiger partial charge in [0, 0.05) is 0 Å². The quantitative estimate of drug-likeness (QED) is 0.242. The van der Waals surface area contributed by atoms with E-state index in [1.165, 1.54) is 0 Å². The summed E-state index contributed by atoms with van der Waals surface area (Å²) in [5.41, 5.74) is 3.17. The zero-order valence-corrected chi connectivity index (χ0v) is 30.6. The zero-order valence-electron chi connectivity index (χ0n) is 28.8. The van der Waals surface area contributed by atoms with E-state index in [1.54, 1.807) is 0 Å². The predicted octanol–water partition coefficient (Wildman–Crippen LogP) is 8.54. The molecule has 2 N–H and O–H groups in total. The van der Waals surface area contributed by atoms with E-state index >= 15 is 0 Å². The Balaban J connectivity index is 0.00000705. The molecule has 0 bridgehead atoms. The molecule has 0 aliphatic carbocycles. The summed E-state index contributed by atoms with van der Waals surface area (Å²) in [6.07, 6.45) is 0.0194. The maximum absolute atomic E-state index is 13.9. The third kappa shape index (κ3) is 10.8. The molecule has 0 radical (unpaired) electrons. The van der Waals surface area contributed by atoms with Crippen LogP contribution in [-0.4, -0.2) is 74.4 Å². The van der Waals surface area contributed by atoms with Crippen LogP contribution in [0.25, 0.3) is 0 Å². The number of phenols is 2. The molecule has 0 aromatic heterocycles. The number of hydrogen-bond acceptors (Lipinski definition) is 8. The van der Waals surface area contributed by atoms with Gasteiger partial charge in [-0.2, -0.15) is 0 Å². The number of benzene rings is 2. The molecule has 2 aromatic rings. The van der Waals surface area contributed by atoms with Gasteiger partial charge in [-0.1, -0.05) is 107 Å². The molecule has 11 heteroatoms. The third-order valence-electron chi connectivity index (χ3n) is 7.64. The Kier molecular flexibility index (Phi) is 13.2. The number of aromatic hydroxyl groups is 2. The van der Waals surface area contributed by atoms with Gasteiger partial charge in [-0.25, -0.2) is 0 Å². The summed E-state index contributed by atoms with van der Waals surface area (Å²) in [5, 5.41) is 22.2. The molecule has 1 aliphatic rings. The fraction of sp³-hybridized carbons (Fsp3) is 0.647. The Morgan fingerprint density at radius 2 is 0.711 bits per heavy atom. The van der Waals surface area contributed by atoms with Crippen LogP contribution in [0.4, 0.5) is 0 Å². The van der Waals surface area contributed by atoms with Gasteiger partial charge >= 0.3 is 52.9 Å². The summed E-state index contributed by atoms with van der Waals surface area (Å²) < 4.78 is 51.0. The van der Waals surface area contributed by atoms with Crippen LogP contribution >= 0.6 is 15.2 Å². The summed E-state index contributed by atoms with van der Waals surface area (Å²) >= 11 is 0. The summed E-state index contributed by atoms with van der Waals surface area (Å²) in [5.74, 6) is 0.491. The van der Waals surface area contributed by atoms with Crippen LogP contribution in [0.3, 0.4) is 0 Å². The Morgan fingerprint density at radius 3 is 0.889 bits per heavy atom. The summed E-state index contributed by atoms with van der Waals surface area (Å²) in [4.78, 5) is 0. The van der Waals surface area contributed by atoms with E-state index in [9.17, 15) is 19.3 Å². The monoisotopic (exact) mass is 694 g/mol. The Morgan fingerprint density at radius 1 is 0.511 bits per heavy atom. The first-order chi connectivity index (χ1) is 19.8. The van der Waals surface area contributed by atoms with Gasteiger partial charge in [-0.15, -0.1) is 0 Å². The summed E-state index contributed by atoms with van der Waals surface area (Å²) in [6.45, 7) is 23.9. The van der Waals surface area contributed by atoms with Crippen molar-refractivity contribution in [2.75, 3.05) is 26.4 Å². The van der Waals surface area contributed by atoms with Crippen molar-refractivity contribution in [1.29, 1.82) is 0 Å². The summed E-state index contributed by atoms with van der Waals surface area (Å²) in [6, 6.07) is 7.47. The van der Waals surface area contributed by atoms with Crippen LogP contribution in [0.2, 0.25) is 0 Å². The van der Waals surface area contributed by atoms with Crippen LogP contribution in [0.15, 0.2) is 24.3 Å². The number of hydrogen-bond donors (Lipinski definition) is 2. The maximum atomic E-state index is 13.9. The molecule has 0 unspecified atom stereocenters. The second kappa shape index (κ2) is 14.6. The molecule has 45 heavy (non-hydrogen) atoms. The van der Waals surface area contributed by atoms with Crippen molar-refractivity contribution >= 4 is 52.9 Å². The van der Waals surface area contributed by atoms with Gasteiger partial charge in [-0.3, -0.25) is 9.13 Å². The average molecular weight is 695 g/mol. The minimum absolute atomic E-state index is 0. The molecule has 8 nitrogen and oxygen atoms in total. The molecule has 1 saturated heterocycles. The van der Waals surface area contributed by atoms with Crippen LogP contribution in [0.1, 0.15) is 116 Å². The normalized spacial score (nSPS) is 22.5. The third-order valence-corrected chi connectivity index (χ3v) is 11.5. The fourth-order valence-corrected chi connectivity index (χ4v) is 8.45. The van der Waals surface area contributed by atoms with Gasteiger partial charge in [-0.05, 0) is 55.0 Å². The van der Waals surface area contributed by atoms with Gasteiger partial charge < -0.3 is 28.3 Å². The minimum atomic E-state index is -3.64. The van der Waals surface area contributed by atoms with E-state index < -0.39 is 15.2 Å². The number of rotatable bonds is 4. The molecule has 252 valence electrons. The molecule has 1 aliphatic heterocycles. The molecule has 0 saturated carbocycles. The van der Waals surface area contributed by atoms with Gasteiger partial charge in [0.15, 0.2) is 0 Å². The van der Waals surface area contributed by atoms with Gasteiger partial charge in [0.25, 0.3) is 0 Å². The Bertz CT molecular complexity index is 1240. The van der Waals surface area contributed by atoms with Crippen molar-refractivity contribution in [2.24, 2.45) is 0 Å². The molecule has 2 aromatic carbocycles. The second-order valence-corrected chi connectivity index (χ2v) is 20.1. The van der Waals surface area contributed by atoms with E-state index in [1.807, 2.05) is 107 Å². The van der Waals surface area contributed by atoms with E-state index in [-0.39, 0.29) is 110 Å². The fourth-order valence-electron chi connectivity index (χ4n) is 5.27. The van der Waals surface area contributed by atoms with Crippen molar-refractivity contribution in [1.82, 2.24) is 0 Å². The Labute approximate surface area is 301 Å². The molecule has 0 spiro atoms. The van der Waals surface area contributed by atoms with Crippen LogP contribution < -0.4 is 0 Å². The summed E-state index contributed by atoms with van der Waals surface area (Å²) in [7, 11) is -7.27. The molecule has 0 atom stereocenters. The number of phenolic OH excluding ortho intramolecular Hbond substituents is 2. The van der Waals surface area contributed by atoms with Crippen molar-refractivity contribution in [3.63, 3.8) is 0 Å². The molecule has 3 rings (SSSR count). The van der Waals surface area contributed by atoms with E-state index in [2.05, 4.69) is 0 Å². The van der Waals surface area contributed by atoms with E-state index in [0.717, 1.165) is 33.4 Å². The van der Waals surface area contributed by atoms with Gasteiger partial charge in [0.1, 0.15) is 11.5 Å². The van der Waals surface area contributed by atoms with Crippen LogP contribution in [0.5, 0.6) is 11.5 Å². The topological polar surface area (TPSA) is 112 Å². The van der Waals surface area contributed by atoms with Crippen LogP contribution in [-0.2, 0) is 61.2 Å². The molecular weight excluding hydrogens is 638 g/mol. The van der Waals surface area contributed by atoms with Crippen molar-refractivity contribution in [3.05, 3.63) is 57.6 Å². The molecule has 0 amide bonds. The SMILES string of the molecule is CC(C)(C)c1cc(CP2(=O)OCCOP(=O)(Cc3cc(C(C)(C)C)c(O)c(C(C)(C)C)c3)OCCO2)cc(C(C)(C)C)c1O.[CaH2]. The van der Waals surface area contributed by atoms with Gasteiger partial charge in [0.05, 0.1) is 38.8 Å². The first-order valence-electron chi connectivity index (χ1n) is 15.3. The van der Waals surface area contributed by atoms with Crippen LogP contribution in [0, 0.1) is 0 Å². The average Bonchev–Trinajstić information content (AvgIpc) is 2.84. The first-order valence-corrected chi connectivity index (χ1v) is 18.8. The zero-order chi connectivity index (χ0) is 33.5.